The minimum absolute atomic E-state index is 0.107. The van der Waals surface area contributed by atoms with Crippen LogP contribution in [0.4, 0.5) is 5.95 Å². The maximum absolute atomic E-state index is 12.2. The molecule has 0 aliphatic rings. The highest BCUT2D eigenvalue weighted by Gasteiger charge is 2.21. The Morgan fingerprint density at radius 2 is 1.74 bits per heavy atom. The van der Waals surface area contributed by atoms with Gasteiger partial charge in [0.2, 0.25) is 16.0 Å². The average Bonchev–Trinajstić information content (AvgIpc) is 2.36. The van der Waals surface area contributed by atoms with Crippen molar-refractivity contribution in [3.8, 4) is 0 Å². The van der Waals surface area contributed by atoms with Crippen molar-refractivity contribution in [2.45, 2.75) is 11.8 Å². The highest BCUT2D eigenvalue weighted by Crippen LogP contribution is 2.12. The number of hydrogen-bond donors (Lipinski definition) is 1. The van der Waals surface area contributed by atoms with Crippen LogP contribution in [0.3, 0.4) is 0 Å². The van der Waals surface area contributed by atoms with E-state index >= 15 is 0 Å². The molecule has 0 saturated carbocycles. The third kappa shape index (κ3) is 4.41. The molecule has 0 bridgehead atoms. The molecule has 7 nitrogen and oxygen atoms in total. The molecule has 0 amide bonds. The highest BCUT2D eigenvalue weighted by atomic mass is 32.2. The molecule has 0 spiro atoms. The summed E-state index contributed by atoms with van der Waals surface area (Å²) in [5, 5.41) is 2.92. The molecule has 0 aromatic carbocycles. The third-order valence-electron chi connectivity index (χ3n) is 2.53. The van der Waals surface area contributed by atoms with E-state index in [0.717, 1.165) is 0 Å². The van der Waals surface area contributed by atoms with Crippen molar-refractivity contribution in [2.75, 3.05) is 46.1 Å². The summed E-state index contributed by atoms with van der Waals surface area (Å²) in [6, 6.07) is 0. The zero-order valence-electron chi connectivity index (χ0n) is 11.8. The van der Waals surface area contributed by atoms with Gasteiger partial charge in [-0.05, 0) is 21.0 Å². The van der Waals surface area contributed by atoms with E-state index in [4.69, 9.17) is 0 Å². The van der Waals surface area contributed by atoms with Gasteiger partial charge < -0.3 is 10.2 Å². The number of sulfonamides is 1. The fourth-order valence-electron chi connectivity index (χ4n) is 1.34. The monoisotopic (exact) mass is 287 g/mol. The zero-order valence-corrected chi connectivity index (χ0v) is 12.6. The van der Waals surface area contributed by atoms with Gasteiger partial charge in [-0.3, -0.25) is 0 Å². The second kappa shape index (κ2) is 6.78. The van der Waals surface area contributed by atoms with E-state index in [1.807, 2.05) is 25.9 Å². The molecule has 8 heteroatoms. The molecule has 1 aromatic rings. The molecule has 1 heterocycles. The van der Waals surface area contributed by atoms with Crippen LogP contribution in [0.2, 0.25) is 0 Å². The van der Waals surface area contributed by atoms with Crippen molar-refractivity contribution in [2.24, 2.45) is 0 Å². The number of likely N-dealkylation sites (N-methyl/N-ethyl adjacent to an activating group) is 2. The van der Waals surface area contributed by atoms with Crippen molar-refractivity contribution >= 4 is 16.0 Å². The summed E-state index contributed by atoms with van der Waals surface area (Å²) >= 11 is 0. The fraction of sp³-hybridized carbons (Fsp3) is 0.636. The second-order valence-electron chi connectivity index (χ2n) is 4.40. The first-order valence-corrected chi connectivity index (χ1v) is 7.49. The topological polar surface area (TPSA) is 78.4 Å². The number of aromatic nitrogens is 2. The summed E-state index contributed by atoms with van der Waals surface area (Å²) in [5.41, 5.74) is 0. The van der Waals surface area contributed by atoms with Crippen LogP contribution in [0.15, 0.2) is 17.3 Å². The first kappa shape index (κ1) is 15.8. The standard InChI is InChI=1S/C11H21N5O2S/c1-5-12-11-13-8-10(9-14-11)19(17,18)16(4)7-6-15(2)3/h8-9H,5-7H2,1-4H3,(H,12,13,14). The molecule has 0 radical (unpaired) electrons. The summed E-state index contributed by atoms with van der Waals surface area (Å²) in [6.45, 7) is 3.69. The Morgan fingerprint density at radius 1 is 1.16 bits per heavy atom. The van der Waals surface area contributed by atoms with E-state index < -0.39 is 10.0 Å². The molecular weight excluding hydrogens is 266 g/mol. The van der Waals surface area contributed by atoms with E-state index in [-0.39, 0.29) is 4.90 Å². The quantitative estimate of drug-likeness (QED) is 0.766. The average molecular weight is 287 g/mol. The Morgan fingerprint density at radius 3 is 2.21 bits per heavy atom. The molecule has 0 fully saturated rings. The van der Waals surface area contributed by atoms with Gasteiger partial charge in [-0.2, -0.15) is 4.31 Å². The van der Waals surface area contributed by atoms with Gasteiger partial charge in [0.1, 0.15) is 4.90 Å². The van der Waals surface area contributed by atoms with Crippen LogP contribution in [-0.4, -0.2) is 68.4 Å². The predicted octanol–water partition coefficient (Wildman–Crippen LogP) is 0.0905. The van der Waals surface area contributed by atoms with Gasteiger partial charge in [-0.1, -0.05) is 0 Å². The second-order valence-corrected chi connectivity index (χ2v) is 6.45. The normalized spacial score (nSPS) is 12.1. The lowest BCUT2D eigenvalue weighted by Gasteiger charge is -2.19. The Kier molecular flexibility index (Phi) is 5.64. The SMILES string of the molecule is CCNc1ncc(S(=O)(=O)N(C)CCN(C)C)cn1. The minimum atomic E-state index is -3.51. The Hall–Kier alpha value is -1.25. The van der Waals surface area contributed by atoms with E-state index in [2.05, 4.69) is 15.3 Å². The largest absolute Gasteiger partial charge is 0.355 e. The van der Waals surface area contributed by atoms with E-state index in [1.165, 1.54) is 16.7 Å². The highest BCUT2D eigenvalue weighted by molar-refractivity contribution is 7.89. The van der Waals surface area contributed by atoms with Crippen LogP contribution in [0.25, 0.3) is 0 Å². The molecule has 0 atom stereocenters. The molecule has 0 aliphatic carbocycles. The summed E-state index contributed by atoms with van der Waals surface area (Å²) in [7, 11) is 1.84. The molecule has 1 rings (SSSR count). The summed E-state index contributed by atoms with van der Waals surface area (Å²) in [6.07, 6.45) is 2.65. The van der Waals surface area contributed by atoms with Crippen molar-refractivity contribution < 1.29 is 8.42 Å². The summed E-state index contributed by atoms with van der Waals surface area (Å²) < 4.78 is 25.7. The maximum Gasteiger partial charge on any atom is 0.245 e. The first-order valence-electron chi connectivity index (χ1n) is 6.05. The molecular formula is C11H21N5O2S. The number of nitrogens with one attached hydrogen (secondary N) is 1. The number of anilines is 1. The zero-order chi connectivity index (χ0) is 14.5. The molecule has 1 aromatic heterocycles. The number of rotatable bonds is 7. The number of hydrogen-bond acceptors (Lipinski definition) is 6. The van der Waals surface area contributed by atoms with Gasteiger partial charge in [0.05, 0.1) is 12.4 Å². The smallest absolute Gasteiger partial charge is 0.245 e. The maximum atomic E-state index is 12.2. The van der Waals surface area contributed by atoms with Gasteiger partial charge in [-0.15, -0.1) is 0 Å². The Bertz CT molecular complexity index is 486. The fourth-order valence-corrected chi connectivity index (χ4v) is 2.39. The van der Waals surface area contributed by atoms with Crippen molar-refractivity contribution in [1.29, 1.82) is 0 Å². The molecule has 19 heavy (non-hydrogen) atoms. The van der Waals surface area contributed by atoms with Gasteiger partial charge >= 0.3 is 0 Å². The Balaban J connectivity index is 2.81. The van der Waals surface area contributed by atoms with Crippen LogP contribution in [-0.2, 0) is 10.0 Å². The van der Waals surface area contributed by atoms with Gasteiger partial charge in [0.25, 0.3) is 0 Å². The molecule has 0 aliphatic heterocycles. The van der Waals surface area contributed by atoms with E-state index in [0.29, 0.717) is 25.6 Å². The van der Waals surface area contributed by atoms with Crippen LogP contribution in [0.1, 0.15) is 6.92 Å². The lowest BCUT2D eigenvalue weighted by Crippen LogP contribution is -2.33. The number of nitrogens with zero attached hydrogens (tertiary/aromatic N) is 4. The molecule has 0 unspecified atom stereocenters. The molecule has 1 N–H and O–H groups in total. The lowest BCUT2D eigenvalue weighted by atomic mass is 10.6. The third-order valence-corrected chi connectivity index (χ3v) is 4.34. The van der Waals surface area contributed by atoms with Crippen molar-refractivity contribution in [3.05, 3.63) is 12.4 Å². The van der Waals surface area contributed by atoms with Crippen LogP contribution < -0.4 is 5.32 Å². The predicted molar refractivity (Wildman–Crippen MR) is 74.6 cm³/mol. The summed E-state index contributed by atoms with van der Waals surface area (Å²) in [5.74, 6) is 0.428. The van der Waals surface area contributed by atoms with Gasteiger partial charge in [0, 0.05) is 26.7 Å². The molecule has 0 saturated heterocycles. The van der Waals surface area contributed by atoms with E-state index in [9.17, 15) is 8.42 Å². The van der Waals surface area contributed by atoms with E-state index in [1.54, 1.807) is 7.05 Å². The lowest BCUT2D eigenvalue weighted by molar-refractivity contribution is 0.358. The van der Waals surface area contributed by atoms with Crippen LogP contribution in [0, 0.1) is 0 Å². The van der Waals surface area contributed by atoms with Crippen molar-refractivity contribution in [3.63, 3.8) is 0 Å². The van der Waals surface area contributed by atoms with Gasteiger partial charge in [-0.25, -0.2) is 18.4 Å². The summed E-state index contributed by atoms with van der Waals surface area (Å²) in [4.78, 5) is 9.98. The van der Waals surface area contributed by atoms with Crippen LogP contribution >= 0.6 is 0 Å². The Labute approximate surface area is 114 Å². The first-order chi connectivity index (χ1) is 8.87. The van der Waals surface area contributed by atoms with Crippen LogP contribution in [0.5, 0.6) is 0 Å². The molecule has 108 valence electrons. The van der Waals surface area contributed by atoms with Crippen molar-refractivity contribution in [1.82, 2.24) is 19.2 Å². The van der Waals surface area contributed by atoms with Gasteiger partial charge in [0.15, 0.2) is 0 Å². The minimum Gasteiger partial charge on any atom is -0.355 e.